The number of phenolic OH excluding ortho intramolecular Hbond substituents is 1. The highest BCUT2D eigenvalue weighted by molar-refractivity contribution is 7.16. The number of rotatable bonds is 7. The first-order valence-electron chi connectivity index (χ1n) is 16.8. The number of ether oxygens (including phenoxy) is 2. The van der Waals surface area contributed by atoms with Crippen LogP contribution in [-0.4, -0.2) is 98.9 Å². The van der Waals surface area contributed by atoms with Crippen LogP contribution in [0.1, 0.15) is 49.7 Å². The van der Waals surface area contributed by atoms with Crippen molar-refractivity contribution in [3.8, 4) is 11.5 Å². The van der Waals surface area contributed by atoms with Gasteiger partial charge in [-0.1, -0.05) is 56.0 Å². The maximum absolute atomic E-state index is 14.3. The molecule has 0 spiro atoms. The molecule has 0 radical (unpaired) electrons. The third-order valence-electron chi connectivity index (χ3n) is 10.2. The third-order valence-corrected chi connectivity index (χ3v) is 12.0. The van der Waals surface area contributed by atoms with E-state index in [9.17, 15) is 39.9 Å². The number of amides is 2. The molecule has 8 rings (SSSR count). The summed E-state index contributed by atoms with van der Waals surface area (Å²) in [5, 5.41) is 54.4. The number of aliphatic hydroxyl groups is 3. The van der Waals surface area contributed by atoms with Crippen molar-refractivity contribution in [2.24, 2.45) is 0 Å². The maximum Gasteiger partial charge on any atom is 0.335 e. The van der Waals surface area contributed by atoms with Crippen LogP contribution in [0.3, 0.4) is 0 Å². The number of aliphatic carboxylic acids is 1. The molecule has 282 valence electrons. The van der Waals surface area contributed by atoms with Crippen LogP contribution in [0.2, 0.25) is 0 Å². The highest BCUT2D eigenvalue weighted by Gasteiger charge is 2.48. The number of fused-ring (bicyclic) bond motifs is 6. The second-order valence-electron chi connectivity index (χ2n) is 13.3. The van der Waals surface area contributed by atoms with Crippen molar-refractivity contribution in [3.05, 3.63) is 93.7 Å². The molecule has 3 aliphatic rings. The van der Waals surface area contributed by atoms with Gasteiger partial charge in [-0.2, -0.15) is 0 Å². The van der Waals surface area contributed by atoms with Crippen LogP contribution in [-0.2, 0) is 9.53 Å². The summed E-state index contributed by atoms with van der Waals surface area (Å²) in [5.74, 6) is -2.10. The Kier molecular flexibility index (Phi) is 10.3. The Hall–Kier alpha value is -4.47. The standard InChI is InChI=1S/C38H32Cl2N2O10S.CH4/c39-13-17-15-41(23-11-25(43)19-5-1-3-7-21(19)29(17)23)35(47)27-9-10-28(53-27)36(48)42-16-18(14-40)30-22-8-4-2-6-20(22)26(12-24(30)42)51-38-33(46)31(44)32(45)34(52-38)37(49)50;/h1-12,17-18,31-34,38,43-46H,13-16H2,(H,49,50);1H4/t17-,18-,31?,32+,33+,34?,38-;/m1./s1. The lowest BCUT2D eigenvalue weighted by molar-refractivity contribution is -0.270. The van der Waals surface area contributed by atoms with E-state index in [0.717, 1.165) is 27.8 Å². The van der Waals surface area contributed by atoms with Crippen LogP contribution in [0.5, 0.6) is 11.5 Å². The Balaban J connectivity index is 0.00000450. The van der Waals surface area contributed by atoms with Crippen molar-refractivity contribution in [3.63, 3.8) is 0 Å². The molecule has 0 saturated carbocycles. The normalized spacial score (nSPS) is 24.6. The van der Waals surface area contributed by atoms with Crippen molar-refractivity contribution in [1.29, 1.82) is 0 Å². The Labute approximate surface area is 323 Å². The Morgan fingerprint density at radius 1 is 0.741 bits per heavy atom. The summed E-state index contributed by atoms with van der Waals surface area (Å²) in [5.41, 5.74) is 2.69. The summed E-state index contributed by atoms with van der Waals surface area (Å²) in [6, 6.07) is 20.9. The lowest BCUT2D eigenvalue weighted by atomic mass is 9.95. The maximum atomic E-state index is 14.3. The molecule has 4 heterocycles. The number of halogens is 2. The minimum absolute atomic E-state index is 0. The van der Waals surface area contributed by atoms with E-state index in [0.29, 0.717) is 39.0 Å². The molecular weight excluding hydrogens is 759 g/mol. The first-order chi connectivity index (χ1) is 25.5. The summed E-state index contributed by atoms with van der Waals surface area (Å²) >= 11 is 13.9. The fraction of sp³-hybridized carbons (Fsp3) is 0.308. The summed E-state index contributed by atoms with van der Waals surface area (Å²) in [6.07, 6.45) is -9.11. The van der Waals surface area contributed by atoms with E-state index in [4.69, 9.17) is 32.7 Å². The van der Waals surface area contributed by atoms with Gasteiger partial charge in [0.25, 0.3) is 11.8 Å². The van der Waals surface area contributed by atoms with Crippen molar-refractivity contribution >= 4 is 85.2 Å². The third kappa shape index (κ3) is 6.04. The molecule has 1 saturated heterocycles. The van der Waals surface area contributed by atoms with Crippen molar-refractivity contribution in [2.45, 2.75) is 50.0 Å². The van der Waals surface area contributed by atoms with E-state index < -0.39 is 42.6 Å². The highest BCUT2D eigenvalue weighted by atomic mass is 35.5. The van der Waals surface area contributed by atoms with Gasteiger partial charge in [0.05, 0.1) is 21.1 Å². The van der Waals surface area contributed by atoms with Gasteiger partial charge in [0, 0.05) is 59.6 Å². The monoisotopic (exact) mass is 794 g/mol. The van der Waals surface area contributed by atoms with Crippen LogP contribution in [0.25, 0.3) is 21.5 Å². The average Bonchev–Trinajstić information content (AvgIpc) is 3.90. The Morgan fingerprint density at radius 3 is 1.78 bits per heavy atom. The fourth-order valence-electron chi connectivity index (χ4n) is 7.68. The summed E-state index contributed by atoms with van der Waals surface area (Å²) in [7, 11) is 0. The molecule has 1 aromatic heterocycles. The number of carbonyl (C=O) groups is 3. The first-order valence-corrected chi connectivity index (χ1v) is 18.7. The minimum Gasteiger partial charge on any atom is -0.507 e. The predicted molar refractivity (Wildman–Crippen MR) is 206 cm³/mol. The molecule has 12 nitrogen and oxygen atoms in total. The number of alkyl halides is 2. The van der Waals surface area contributed by atoms with Crippen LogP contribution < -0.4 is 14.5 Å². The topological polar surface area (TPSA) is 177 Å². The number of anilines is 2. The molecule has 4 aromatic carbocycles. The molecule has 1 fully saturated rings. The molecule has 7 atom stereocenters. The molecular formula is C39H36Cl2N2O10S. The van der Waals surface area contributed by atoms with Crippen LogP contribution in [0.15, 0.2) is 72.8 Å². The van der Waals surface area contributed by atoms with Crippen molar-refractivity contribution < 1.29 is 49.4 Å². The number of hydrogen-bond acceptors (Lipinski definition) is 10. The summed E-state index contributed by atoms with van der Waals surface area (Å²) in [6.45, 7) is 0.520. The lowest BCUT2D eigenvalue weighted by Gasteiger charge is -2.38. The largest absolute Gasteiger partial charge is 0.507 e. The smallest absolute Gasteiger partial charge is 0.335 e. The summed E-state index contributed by atoms with van der Waals surface area (Å²) in [4.78, 5) is 43.8. The van der Waals surface area contributed by atoms with Gasteiger partial charge in [-0.15, -0.1) is 34.5 Å². The van der Waals surface area contributed by atoms with Gasteiger partial charge < -0.3 is 44.8 Å². The molecule has 0 aliphatic carbocycles. The van der Waals surface area contributed by atoms with Gasteiger partial charge in [-0.05, 0) is 34.0 Å². The van der Waals surface area contributed by atoms with Crippen LogP contribution in [0, 0.1) is 0 Å². The molecule has 2 amide bonds. The van der Waals surface area contributed by atoms with Crippen LogP contribution >= 0.6 is 34.5 Å². The fourth-order valence-corrected chi connectivity index (χ4v) is 9.09. The van der Waals surface area contributed by atoms with Gasteiger partial charge in [-0.3, -0.25) is 9.59 Å². The molecule has 5 N–H and O–H groups in total. The Bertz CT molecular complexity index is 2300. The molecule has 0 bridgehead atoms. The second kappa shape index (κ2) is 14.6. The van der Waals surface area contributed by atoms with Gasteiger partial charge in [0.2, 0.25) is 6.29 Å². The van der Waals surface area contributed by atoms with Crippen LogP contribution in [0.4, 0.5) is 11.4 Å². The van der Waals surface area contributed by atoms with E-state index in [2.05, 4.69) is 0 Å². The molecule has 2 unspecified atom stereocenters. The van der Waals surface area contributed by atoms with Gasteiger partial charge in [0.1, 0.15) is 29.8 Å². The first kappa shape index (κ1) is 37.8. The number of nitrogens with zero attached hydrogens (tertiary/aromatic N) is 2. The predicted octanol–water partition coefficient (Wildman–Crippen LogP) is 5.63. The number of hydrogen-bond donors (Lipinski definition) is 5. The van der Waals surface area contributed by atoms with E-state index in [1.807, 2.05) is 30.3 Å². The number of benzene rings is 4. The number of thiophene rings is 1. The van der Waals surface area contributed by atoms with Crippen molar-refractivity contribution in [1.82, 2.24) is 0 Å². The SMILES string of the molecule is C.O=C(O)C1O[C@@H](Oc2cc3c(c4ccccc24)[C@H](CCl)CN3C(=O)c2ccc(C(=O)N3C[C@@H](CCl)c4c3cc(O)c3ccccc43)s2)[C@@H](O)C(O)[C@@H]1O. The zero-order valence-electron chi connectivity index (χ0n) is 27.6. The number of carbonyl (C=O) groups excluding carboxylic acids is 2. The second-order valence-corrected chi connectivity index (χ2v) is 15.0. The minimum atomic E-state index is -1.90. The summed E-state index contributed by atoms with van der Waals surface area (Å²) < 4.78 is 11.4. The number of aliphatic hydroxyl groups excluding tert-OH is 3. The van der Waals surface area contributed by atoms with Crippen molar-refractivity contribution in [2.75, 3.05) is 34.6 Å². The number of carboxylic acid groups (broad SMARTS) is 1. The van der Waals surface area contributed by atoms with E-state index in [-0.39, 0.29) is 59.9 Å². The van der Waals surface area contributed by atoms with E-state index in [1.54, 1.807) is 47.4 Å². The van der Waals surface area contributed by atoms with E-state index in [1.165, 1.54) is 4.90 Å². The lowest BCUT2D eigenvalue weighted by Crippen LogP contribution is -2.61. The number of carboxylic acids is 1. The quantitative estimate of drug-likeness (QED) is 0.130. The van der Waals surface area contributed by atoms with Gasteiger partial charge >= 0.3 is 5.97 Å². The average molecular weight is 796 g/mol. The molecule has 5 aromatic rings. The van der Waals surface area contributed by atoms with Gasteiger partial charge in [0.15, 0.2) is 6.10 Å². The number of aromatic hydroxyl groups is 1. The zero-order valence-corrected chi connectivity index (χ0v) is 30.0. The number of phenols is 1. The molecule has 15 heteroatoms. The zero-order chi connectivity index (χ0) is 37.3. The highest BCUT2D eigenvalue weighted by Crippen LogP contribution is 2.48. The Morgan fingerprint density at radius 2 is 1.24 bits per heavy atom. The molecule has 54 heavy (non-hydrogen) atoms. The van der Waals surface area contributed by atoms with Gasteiger partial charge in [-0.25, -0.2) is 4.79 Å². The molecule has 3 aliphatic heterocycles. The van der Waals surface area contributed by atoms with E-state index >= 15 is 0 Å².